The summed E-state index contributed by atoms with van der Waals surface area (Å²) in [6, 6.07) is 0. The van der Waals surface area contributed by atoms with E-state index in [4.69, 9.17) is 0 Å². The molecule has 2 heterocycles. The van der Waals surface area contributed by atoms with Gasteiger partial charge in [-0.3, -0.25) is 0 Å². The van der Waals surface area contributed by atoms with E-state index in [1.54, 1.807) is 0 Å². The van der Waals surface area contributed by atoms with Gasteiger partial charge in [-0.2, -0.15) is 0 Å². The summed E-state index contributed by atoms with van der Waals surface area (Å²) in [5.41, 5.74) is 0. The van der Waals surface area contributed by atoms with Gasteiger partial charge in [-0.15, -0.1) is 0 Å². The third kappa shape index (κ3) is 1.28. The number of imidazole rings is 2. The van der Waals surface area contributed by atoms with Gasteiger partial charge in [-0.1, -0.05) is 0 Å². The van der Waals surface area contributed by atoms with Crippen molar-refractivity contribution in [3.8, 4) is 0 Å². The van der Waals surface area contributed by atoms with Crippen molar-refractivity contribution in [2.75, 3.05) is 0 Å². The fourth-order valence-electron chi connectivity index (χ4n) is 0.887. The van der Waals surface area contributed by atoms with Gasteiger partial charge in [0.2, 0.25) is 0 Å². The molecule has 0 aliphatic heterocycles. The fraction of sp³-hybridized carbons (Fsp3) is 0. The van der Waals surface area contributed by atoms with Crippen LogP contribution in [0.25, 0.3) is 0 Å². The average molecular weight is 245 g/mol. The summed E-state index contributed by atoms with van der Waals surface area (Å²) < 4.78 is 23.2. The second-order valence-electron chi connectivity index (χ2n) is 2.29. The molecule has 0 spiro atoms. The predicted molar refractivity (Wildman–Crippen MR) is 43.6 cm³/mol. The van der Waals surface area contributed by atoms with Crippen LogP contribution in [0.1, 0.15) is 0 Å². The van der Waals surface area contributed by atoms with Crippen LogP contribution in [0.5, 0.6) is 0 Å². The number of hydrogen-bond donors (Lipinski definition) is 2. The van der Waals surface area contributed by atoms with E-state index in [9.17, 15) is 7.67 Å². The van der Waals surface area contributed by atoms with Crippen LogP contribution < -0.4 is 9.45 Å². The number of hydrogen-bond acceptors (Lipinski definition) is 4. The Labute approximate surface area is 75.1 Å². The van der Waals surface area contributed by atoms with Crippen LogP contribution >= 0.6 is 0 Å². The van der Waals surface area contributed by atoms with Crippen molar-refractivity contribution in [3.05, 3.63) is 24.8 Å². The third-order valence-corrected chi connectivity index (χ3v) is 4.53. The van der Waals surface area contributed by atoms with Crippen LogP contribution in [0.3, 0.4) is 0 Å². The Morgan fingerprint density at radius 1 is 1.00 bits per heavy atom. The average Bonchev–Trinajstić information content (AvgIpc) is 2.78. The summed E-state index contributed by atoms with van der Waals surface area (Å²) in [6.07, 6.45) is 5.70. The van der Waals surface area contributed by atoms with Gasteiger partial charge in [0.05, 0.1) is 0 Å². The molecule has 0 radical (unpaired) electrons. The first-order valence-corrected chi connectivity index (χ1v) is 6.56. The summed E-state index contributed by atoms with van der Waals surface area (Å²) in [4.78, 5) is 12.4. The summed E-state index contributed by atoms with van der Waals surface area (Å²) in [6.45, 7) is 0. The van der Waals surface area contributed by atoms with E-state index in [1.807, 2.05) is 0 Å². The topological polar surface area (TPSA) is 91.5 Å². The van der Waals surface area contributed by atoms with Crippen molar-refractivity contribution >= 4 is 22.2 Å². The molecule has 0 atom stereocenters. The minimum atomic E-state index is -4.37. The summed E-state index contributed by atoms with van der Waals surface area (Å²) in [7, 11) is 0. The van der Waals surface area contributed by atoms with Gasteiger partial charge in [0.15, 0.2) is 0 Å². The molecular weight excluding hydrogens is 239 g/mol. The van der Waals surface area contributed by atoms with Crippen LogP contribution in [0, 0.1) is 0 Å². The zero-order valence-corrected chi connectivity index (χ0v) is 8.14. The molecule has 6 nitrogen and oxygen atoms in total. The van der Waals surface area contributed by atoms with E-state index in [0.717, 1.165) is 0 Å². The zero-order valence-electron chi connectivity index (χ0n) is 6.43. The van der Waals surface area contributed by atoms with Crippen molar-refractivity contribution in [2.45, 2.75) is 0 Å². The fourth-order valence-corrected chi connectivity index (χ4v) is 3.05. The maximum atomic E-state index is 11.6. The predicted octanol–water partition coefficient (Wildman–Crippen LogP) is -1.45. The quantitative estimate of drug-likeness (QED) is 0.633. The third-order valence-electron chi connectivity index (χ3n) is 1.46. The molecule has 0 aliphatic rings. The van der Waals surface area contributed by atoms with E-state index < -0.39 is 12.7 Å². The molecule has 68 valence electrons. The van der Waals surface area contributed by atoms with Gasteiger partial charge >= 0.3 is 74.5 Å². The van der Waals surface area contributed by atoms with Gasteiger partial charge in [-0.25, -0.2) is 0 Å². The van der Waals surface area contributed by atoms with Crippen LogP contribution in [0.4, 0.5) is 0 Å². The Kier molecular flexibility index (Phi) is 1.75. The summed E-state index contributed by atoms with van der Waals surface area (Å²) in [5, 5.41) is 0. The Hall–Kier alpha value is -1.46. The number of aromatic amines is 2. The van der Waals surface area contributed by atoms with Gasteiger partial charge in [0.1, 0.15) is 0 Å². The standard InChI is InChI=1S/C6H6N4O2Se/c11-13(12,5-7-1-2-8-5)6-9-3-4-10-6/h1-4H,(H,7,8)(H,9,10). The molecule has 2 aromatic heterocycles. The monoisotopic (exact) mass is 246 g/mol. The van der Waals surface area contributed by atoms with Crippen LogP contribution in [-0.4, -0.2) is 32.6 Å². The molecule has 0 aliphatic carbocycles. The van der Waals surface area contributed by atoms with Crippen molar-refractivity contribution in [3.63, 3.8) is 0 Å². The molecule has 2 N–H and O–H groups in total. The van der Waals surface area contributed by atoms with Crippen molar-refractivity contribution in [1.29, 1.82) is 0 Å². The molecule has 0 unspecified atom stereocenters. The van der Waals surface area contributed by atoms with Gasteiger partial charge in [-0.05, 0) is 0 Å². The SMILES string of the molecule is O=[Se](=O)(c1ncc[nH]1)c1ncc[nH]1. The van der Waals surface area contributed by atoms with Crippen LogP contribution in [-0.2, 0) is 7.67 Å². The maximum absolute atomic E-state index is 11.6. The van der Waals surface area contributed by atoms with Crippen molar-refractivity contribution in [1.82, 2.24) is 19.9 Å². The molecule has 0 aromatic carbocycles. The molecule has 0 amide bonds. The molecule has 13 heavy (non-hydrogen) atoms. The Bertz CT molecular complexity index is 430. The summed E-state index contributed by atoms with van der Waals surface area (Å²) >= 11 is -4.37. The van der Waals surface area contributed by atoms with E-state index in [2.05, 4.69) is 19.9 Å². The molecule has 2 rings (SSSR count). The van der Waals surface area contributed by atoms with E-state index in [-0.39, 0.29) is 9.45 Å². The number of nitrogens with one attached hydrogen (secondary N) is 2. The van der Waals surface area contributed by atoms with Crippen LogP contribution in [0.15, 0.2) is 24.8 Å². The van der Waals surface area contributed by atoms with Gasteiger partial charge in [0, 0.05) is 0 Å². The van der Waals surface area contributed by atoms with Crippen molar-refractivity contribution in [2.24, 2.45) is 0 Å². The van der Waals surface area contributed by atoms with Gasteiger partial charge < -0.3 is 0 Å². The normalized spacial score (nSPS) is 11.7. The molecule has 0 saturated heterocycles. The molecular formula is C6H6N4O2Se. The molecule has 0 fully saturated rings. The number of aromatic nitrogens is 4. The number of nitrogens with zero attached hydrogens (tertiary/aromatic N) is 2. The van der Waals surface area contributed by atoms with E-state index in [0.29, 0.717) is 0 Å². The minimum absolute atomic E-state index is 0.0359. The molecule has 0 bridgehead atoms. The second kappa shape index (κ2) is 2.79. The van der Waals surface area contributed by atoms with Crippen molar-refractivity contribution < 1.29 is 7.67 Å². The van der Waals surface area contributed by atoms with Gasteiger partial charge in [0.25, 0.3) is 0 Å². The number of rotatable bonds is 2. The first kappa shape index (κ1) is 8.15. The first-order chi connectivity index (χ1) is 6.21. The Morgan fingerprint density at radius 2 is 1.46 bits per heavy atom. The van der Waals surface area contributed by atoms with E-state index in [1.165, 1.54) is 24.8 Å². The summed E-state index contributed by atoms with van der Waals surface area (Å²) in [5.74, 6) is 0. The Balaban J connectivity index is 2.56. The second-order valence-corrected chi connectivity index (χ2v) is 6.03. The van der Waals surface area contributed by atoms with E-state index >= 15 is 0 Å². The molecule has 0 saturated carbocycles. The zero-order chi connectivity index (χ0) is 9.31. The molecule has 7 heteroatoms. The molecule has 2 aromatic rings. The number of H-pyrrole nitrogens is 2. The first-order valence-electron chi connectivity index (χ1n) is 3.45. The Morgan fingerprint density at radius 3 is 1.77 bits per heavy atom. The van der Waals surface area contributed by atoms with Crippen LogP contribution in [0.2, 0.25) is 0 Å².